The minimum atomic E-state index is -0.633. The Bertz CT molecular complexity index is 481. The van der Waals surface area contributed by atoms with Crippen molar-refractivity contribution in [2.45, 2.75) is 38.2 Å². The van der Waals surface area contributed by atoms with Crippen molar-refractivity contribution in [1.29, 1.82) is 0 Å². The number of hydrogen-bond acceptors (Lipinski definition) is 5. The van der Waals surface area contributed by atoms with Crippen molar-refractivity contribution >= 4 is 17.7 Å². The van der Waals surface area contributed by atoms with E-state index < -0.39 is 12.0 Å². The summed E-state index contributed by atoms with van der Waals surface area (Å²) in [6.45, 7) is 7.06. The Labute approximate surface area is 140 Å². The SMILES string of the molecule is CC.CCOC(=O)C(C)SC(C[N+](=O)CO)c1ccc(F)cc1. The number of esters is 1. The standard InChI is InChI=1S/C14H19FNO4S.C2H6/c1-3-20-14(18)10(2)21-13(8-16(19)9-17)11-4-6-12(15)7-5-11;1-2/h4-7,10,13,17H,3,8-9H2,1-2H3;1-2H3/q+1;. The van der Waals surface area contributed by atoms with Crippen LogP contribution in [0.2, 0.25) is 0 Å². The Kier molecular flexibility index (Phi) is 11.2. The van der Waals surface area contributed by atoms with Gasteiger partial charge in [0.1, 0.15) is 11.1 Å². The van der Waals surface area contributed by atoms with Gasteiger partial charge in [-0.2, -0.15) is 0 Å². The number of rotatable bonds is 8. The number of nitrogens with zero attached hydrogens (tertiary/aromatic N) is 1. The molecule has 7 heteroatoms. The van der Waals surface area contributed by atoms with Crippen LogP contribution < -0.4 is 0 Å². The molecule has 5 nitrogen and oxygen atoms in total. The van der Waals surface area contributed by atoms with Gasteiger partial charge in [0, 0.05) is 9.67 Å². The molecule has 0 aliphatic carbocycles. The Balaban J connectivity index is 0.00000232. The van der Waals surface area contributed by atoms with Gasteiger partial charge in [-0.3, -0.25) is 4.79 Å². The van der Waals surface area contributed by atoms with Gasteiger partial charge >= 0.3 is 5.97 Å². The molecule has 0 amide bonds. The fourth-order valence-electron chi connectivity index (χ4n) is 1.71. The van der Waals surface area contributed by atoms with Crippen LogP contribution in [0.15, 0.2) is 24.3 Å². The zero-order valence-electron chi connectivity index (χ0n) is 14.0. The first kappa shape index (κ1) is 21.5. The molecule has 23 heavy (non-hydrogen) atoms. The monoisotopic (exact) mass is 346 g/mol. The van der Waals surface area contributed by atoms with Crippen molar-refractivity contribution in [2.75, 3.05) is 19.9 Å². The van der Waals surface area contributed by atoms with Crippen molar-refractivity contribution < 1.29 is 23.8 Å². The van der Waals surface area contributed by atoms with Gasteiger partial charge in [0.2, 0.25) is 6.54 Å². The molecule has 0 heterocycles. The number of nitroso groups, excluding NO2 is 1. The highest BCUT2D eigenvalue weighted by Crippen LogP contribution is 2.33. The van der Waals surface area contributed by atoms with Crippen LogP contribution in [0.25, 0.3) is 0 Å². The molecule has 0 spiro atoms. The highest BCUT2D eigenvalue weighted by molar-refractivity contribution is 8.00. The third-order valence-electron chi connectivity index (χ3n) is 2.76. The molecule has 0 saturated heterocycles. The molecule has 0 aliphatic rings. The molecule has 130 valence electrons. The van der Waals surface area contributed by atoms with E-state index in [1.165, 1.54) is 23.9 Å². The highest BCUT2D eigenvalue weighted by Gasteiger charge is 2.27. The molecule has 1 aromatic carbocycles. The van der Waals surface area contributed by atoms with E-state index in [9.17, 15) is 14.1 Å². The molecule has 1 N–H and O–H groups in total. The quantitative estimate of drug-likeness (QED) is 0.444. The van der Waals surface area contributed by atoms with Crippen molar-refractivity contribution in [3.8, 4) is 0 Å². The minimum absolute atomic E-state index is 0.00343. The Morgan fingerprint density at radius 1 is 1.35 bits per heavy atom. The summed E-state index contributed by atoms with van der Waals surface area (Å²) in [5.41, 5.74) is 0.715. The maximum atomic E-state index is 13.0. The molecule has 0 bridgehead atoms. The molecular weight excluding hydrogens is 321 g/mol. The van der Waals surface area contributed by atoms with E-state index in [0.717, 1.165) is 0 Å². The van der Waals surface area contributed by atoms with Gasteiger partial charge in [-0.15, -0.1) is 11.8 Å². The lowest BCUT2D eigenvalue weighted by Crippen LogP contribution is -2.22. The molecular formula is C16H25FNO4S+. The summed E-state index contributed by atoms with van der Waals surface area (Å²) in [4.78, 5) is 23.1. The van der Waals surface area contributed by atoms with Crippen LogP contribution in [0.4, 0.5) is 4.39 Å². The third-order valence-corrected chi connectivity index (χ3v) is 4.11. The van der Waals surface area contributed by atoms with Crippen molar-refractivity contribution in [2.24, 2.45) is 0 Å². The van der Waals surface area contributed by atoms with E-state index in [4.69, 9.17) is 9.84 Å². The van der Waals surface area contributed by atoms with Crippen molar-refractivity contribution in [1.82, 2.24) is 0 Å². The number of benzene rings is 1. The molecule has 1 aromatic rings. The largest absolute Gasteiger partial charge is 0.465 e. The number of aliphatic hydroxyl groups is 1. The van der Waals surface area contributed by atoms with Crippen molar-refractivity contribution in [3.63, 3.8) is 0 Å². The summed E-state index contributed by atoms with van der Waals surface area (Å²) >= 11 is 1.25. The average molecular weight is 346 g/mol. The fourth-order valence-corrected chi connectivity index (χ4v) is 2.95. The number of carbonyl (C=O) groups is 1. The summed E-state index contributed by atoms with van der Waals surface area (Å²) in [7, 11) is 0. The molecule has 0 aliphatic heterocycles. The lowest BCUT2D eigenvalue weighted by Gasteiger charge is -2.17. The van der Waals surface area contributed by atoms with Crippen LogP contribution in [0.3, 0.4) is 0 Å². The van der Waals surface area contributed by atoms with E-state index in [1.807, 2.05) is 13.8 Å². The summed E-state index contributed by atoms with van der Waals surface area (Å²) in [5.74, 6) is -0.738. The Morgan fingerprint density at radius 3 is 2.39 bits per heavy atom. The maximum Gasteiger partial charge on any atom is 0.318 e. The van der Waals surface area contributed by atoms with Gasteiger partial charge in [0.05, 0.1) is 11.9 Å². The predicted octanol–water partition coefficient (Wildman–Crippen LogP) is 3.31. The van der Waals surface area contributed by atoms with Crippen molar-refractivity contribution in [3.05, 3.63) is 40.6 Å². The second-order valence-corrected chi connectivity index (χ2v) is 5.92. The molecule has 2 unspecified atom stereocenters. The number of halogens is 1. The lowest BCUT2D eigenvalue weighted by molar-refractivity contribution is -0.583. The van der Waals surface area contributed by atoms with E-state index in [2.05, 4.69) is 0 Å². The lowest BCUT2D eigenvalue weighted by atomic mass is 10.1. The summed E-state index contributed by atoms with van der Waals surface area (Å²) in [5, 5.41) is 8.02. The van der Waals surface area contributed by atoms with E-state index >= 15 is 0 Å². The van der Waals surface area contributed by atoms with Gasteiger partial charge in [-0.1, -0.05) is 26.0 Å². The predicted molar refractivity (Wildman–Crippen MR) is 89.8 cm³/mol. The van der Waals surface area contributed by atoms with Gasteiger partial charge in [-0.05, 0) is 31.5 Å². The van der Waals surface area contributed by atoms with Crippen LogP contribution in [0.5, 0.6) is 0 Å². The van der Waals surface area contributed by atoms with Gasteiger partial charge in [0.15, 0.2) is 0 Å². The van der Waals surface area contributed by atoms with Crippen LogP contribution in [0, 0.1) is 10.7 Å². The van der Waals surface area contributed by atoms with Gasteiger partial charge in [0.25, 0.3) is 6.73 Å². The summed E-state index contributed by atoms with van der Waals surface area (Å²) < 4.78 is 18.4. The van der Waals surface area contributed by atoms with Gasteiger partial charge in [-0.25, -0.2) is 4.39 Å². The van der Waals surface area contributed by atoms with Gasteiger partial charge < -0.3 is 9.84 Å². The first-order chi connectivity index (χ1) is 11.0. The first-order valence-electron chi connectivity index (χ1n) is 7.58. The average Bonchev–Trinajstić information content (AvgIpc) is 2.56. The Hall–Kier alpha value is -1.47. The maximum absolute atomic E-state index is 13.0. The summed E-state index contributed by atoms with van der Waals surface area (Å²) in [6, 6.07) is 5.73. The molecule has 0 fully saturated rings. The van der Waals surface area contributed by atoms with Crippen LogP contribution >= 0.6 is 11.8 Å². The molecule has 2 atom stereocenters. The molecule has 1 rings (SSSR count). The number of aliphatic hydroxyl groups excluding tert-OH is 1. The molecule has 0 saturated carbocycles. The molecule has 0 aromatic heterocycles. The van der Waals surface area contributed by atoms with Crippen LogP contribution in [0.1, 0.15) is 38.5 Å². The topological polar surface area (TPSA) is 66.6 Å². The Morgan fingerprint density at radius 2 is 1.91 bits per heavy atom. The second-order valence-electron chi connectivity index (χ2n) is 4.38. The zero-order chi connectivity index (χ0) is 17.8. The van der Waals surface area contributed by atoms with E-state index in [-0.39, 0.29) is 30.2 Å². The van der Waals surface area contributed by atoms with Crippen LogP contribution in [-0.2, 0) is 9.53 Å². The normalized spacial score (nSPS) is 12.6. The number of thioether (sulfide) groups is 1. The van der Waals surface area contributed by atoms with E-state index in [0.29, 0.717) is 10.3 Å². The minimum Gasteiger partial charge on any atom is -0.465 e. The number of hydrogen-bond donors (Lipinski definition) is 1. The fraction of sp³-hybridized carbons (Fsp3) is 0.562. The summed E-state index contributed by atoms with van der Waals surface area (Å²) in [6.07, 6.45) is 0. The zero-order valence-corrected chi connectivity index (χ0v) is 14.8. The van der Waals surface area contributed by atoms with Crippen LogP contribution in [-0.4, -0.2) is 41.0 Å². The molecule has 0 radical (unpaired) electrons. The highest BCUT2D eigenvalue weighted by atomic mass is 32.2. The first-order valence-corrected chi connectivity index (χ1v) is 8.52. The smallest absolute Gasteiger partial charge is 0.318 e. The number of ether oxygens (including phenoxy) is 1. The number of carbonyl (C=O) groups excluding carboxylic acids is 1. The second kappa shape index (κ2) is 12.0. The third kappa shape index (κ3) is 8.08. The van der Waals surface area contributed by atoms with E-state index in [1.54, 1.807) is 26.0 Å².